The number of ether oxygens (including phenoxy) is 2. The molecule has 0 aliphatic heterocycles. The van der Waals surface area contributed by atoms with Gasteiger partial charge in [0.25, 0.3) is 0 Å². The van der Waals surface area contributed by atoms with E-state index in [9.17, 15) is 18.4 Å². The first-order valence-corrected chi connectivity index (χ1v) is 4.13. The van der Waals surface area contributed by atoms with Crippen LogP contribution in [0.15, 0.2) is 0 Å². The summed E-state index contributed by atoms with van der Waals surface area (Å²) in [7, 11) is 2.44. The molecule has 0 spiro atoms. The van der Waals surface area contributed by atoms with Crippen molar-refractivity contribution >= 4 is 12.1 Å². The lowest BCUT2D eigenvalue weighted by Gasteiger charge is -1.95. The van der Waals surface area contributed by atoms with E-state index in [1.807, 2.05) is 0 Å². The summed E-state index contributed by atoms with van der Waals surface area (Å²) < 4.78 is 31.7. The summed E-state index contributed by atoms with van der Waals surface area (Å²) in [6, 6.07) is 0. The first-order valence-electron chi connectivity index (χ1n) is 4.13. The predicted molar refractivity (Wildman–Crippen MR) is 46.2 cm³/mol. The van der Waals surface area contributed by atoms with E-state index >= 15 is 0 Å². The fourth-order valence-corrected chi connectivity index (χ4v) is 0.916. The number of hydrogen-bond acceptors (Lipinski definition) is 4. The molecule has 1 amide bonds. The summed E-state index contributed by atoms with van der Waals surface area (Å²) in [6.45, 7) is 0. The van der Waals surface area contributed by atoms with Gasteiger partial charge in [-0.25, -0.2) is 13.6 Å². The SMILES string of the molecule is COC(=O)C1CC1C(F)F.COC(N)=O. The van der Waals surface area contributed by atoms with Crippen molar-refractivity contribution in [3.8, 4) is 0 Å². The Kier molecular flexibility index (Phi) is 5.58. The largest absolute Gasteiger partial charge is 0.469 e. The number of carbonyl (C=O) groups is 2. The van der Waals surface area contributed by atoms with E-state index in [-0.39, 0.29) is 6.42 Å². The molecule has 2 unspecified atom stereocenters. The average Bonchev–Trinajstić information content (AvgIpc) is 2.97. The molecule has 7 heteroatoms. The van der Waals surface area contributed by atoms with Gasteiger partial charge < -0.3 is 15.2 Å². The molecule has 0 heterocycles. The molecule has 0 saturated heterocycles. The molecule has 1 rings (SSSR count). The Morgan fingerprint density at radius 1 is 1.33 bits per heavy atom. The minimum absolute atomic E-state index is 0.282. The monoisotopic (exact) mass is 225 g/mol. The van der Waals surface area contributed by atoms with Gasteiger partial charge in [0.05, 0.1) is 20.1 Å². The van der Waals surface area contributed by atoms with E-state index in [2.05, 4.69) is 15.2 Å². The molecule has 1 aliphatic rings. The van der Waals surface area contributed by atoms with Crippen molar-refractivity contribution in [2.24, 2.45) is 17.6 Å². The Balaban J connectivity index is 0.000000336. The van der Waals surface area contributed by atoms with Crippen LogP contribution < -0.4 is 5.73 Å². The van der Waals surface area contributed by atoms with Gasteiger partial charge in [-0.15, -0.1) is 0 Å². The van der Waals surface area contributed by atoms with Crippen LogP contribution in [0.2, 0.25) is 0 Å². The highest BCUT2D eigenvalue weighted by molar-refractivity contribution is 5.75. The van der Waals surface area contributed by atoms with Crippen LogP contribution in [0.3, 0.4) is 0 Å². The average molecular weight is 225 g/mol. The highest BCUT2D eigenvalue weighted by Crippen LogP contribution is 2.43. The molecule has 1 saturated carbocycles. The summed E-state index contributed by atoms with van der Waals surface area (Å²) >= 11 is 0. The number of methoxy groups -OCH3 is 2. The number of carbonyl (C=O) groups excluding carboxylic acids is 2. The topological polar surface area (TPSA) is 78.6 Å². The molecule has 2 N–H and O–H groups in total. The Morgan fingerprint density at radius 2 is 1.80 bits per heavy atom. The fraction of sp³-hybridized carbons (Fsp3) is 0.750. The molecule has 0 aromatic rings. The normalized spacial score (nSPS) is 22.5. The standard InChI is InChI=1S/C6H8F2O2.C2H5NO2/c1-10-6(9)4-2-3(4)5(7)8;1-5-2(3)4/h3-5H,2H2,1H3;1H3,(H2,3,4). The Bertz CT molecular complexity index is 235. The summed E-state index contributed by atoms with van der Waals surface area (Å²) in [6.07, 6.45) is -2.83. The summed E-state index contributed by atoms with van der Waals surface area (Å²) in [5, 5.41) is 0. The number of nitrogens with two attached hydrogens (primary N) is 1. The molecule has 15 heavy (non-hydrogen) atoms. The molecule has 0 aromatic carbocycles. The lowest BCUT2D eigenvalue weighted by Crippen LogP contribution is -2.08. The Labute approximate surface area is 85.5 Å². The van der Waals surface area contributed by atoms with Gasteiger partial charge >= 0.3 is 12.1 Å². The molecule has 0 radical (unpaired) electrons. The number of hydrogen-bond donors (Lipinski definition) is 1. The van der Waals surface area contributed by atoms with Gasteiger partial charge in [-0.2, -0.15) is 0 Å². The van der Waals surface area contributed by atoms with Crippen LogP contribution in [0.25, 0.3) is 0 Å². The molecule has 0 aromatic heterocycles. The van der Waals surface area contributed by atoms with Gasteiger partial charge in [-0.1, -0.05) is 0 Å². The maximum absolute atomic E-state index is 11.8. The van der Waals surface area contributed by atoms with Crippen LogP contribution in [-0.4, -0.2) is 32.7 Å². The van der Waals surface area contributed by atoms with Crippen molar-refractivity contribution in [3.05, 3.63) is 0 Å². The van der Waals surface area contributed by atoms with Gasteiger partial charge in [-0.05, 0) is 6.42 Å². The van der Waals surface area contributed by atoms with Gasteiger partial charge in [0.2, 0.25) is 6.43 Å². The second-order valence-electron chi connectivity index (χ2n) is 2.89. The zero-order chi connectivity index (χ0) is 12.0. The van der Waals surface area contributed by atoms with Gasteiger partial charge in [0.15, 0.2) is 0 Å². The van der Waals surface area contributed by atoms with Crippen molar-refractivity contribution in [1.29, 1.82) is 0 Å². The lowest BCUT2D eigenvalue weighted by atomic mass is 10.3. The number of rotatable bonds is 2. The van der Waals surface area contributed by atoms with E-state index in [1.165, 1.54) is 14.2 Å². The molecule has 2 atom stereocenters. The smallest absolute Gasteiger partial charge is 0.404 e. The van der Waals surface area contributed by atoms with Crippen molar-refractivity contribution in [2.45, 2.75) is 12.8 Å². The first kappa shape index (κ1) is 13.6. The van der Waals surface area contributed by atoms with Gasteiger partial charge in [-0.3, -0.25) is 4.79 Å². The number of amides is 1. The minimum atomic E-state index is -2.37. The van der Waals surface area contributed by atoms with Crippen molar-refractivity contribution in [2.75, 3.05) is 14.2 Å². The second-order valence-corrected chi connectivity index (χ2v) is 2.89. The van der Waals surface area contributed by atoms with Crippen LogP contribution in [-0.2, 0) is 14.3 Å². The van der Waals surface area contributed by atoms with Crippen LogP contribution >= 0.6 is 0 Å². The van der Waals surface area contributed by atoms with E-state index in [1.54, 1.807) is 0 Å². The summed E-state index contributed by atoms with van der Waals surface area (Å²) in [5.41, 5.74) is 4.43. The quantitative estimate of drug-likeness (QED) is 0.704. The van der Waals surface area contributed by atoms with Crippen LogP contribution in [0, 0.1) is 11.8 Å². The third-order valence-corrected chi connectivity index (χ3v) is 1.87. The van der Waals surface area contributed by atoms with E-state index < -0.39 is 30.3 Å². The molecule has 0 bridgehead atoms. The van der Waals surface area contributed by atoms with Crippen molar-refractivity contribution < 1.29 is 27.8 Å². The van der Waals surface area contributed by atoms with Crippen molar-refractivity contribution in [3.63, 3.8) is 0 Å². The predicted octanol–water partition coefficient (Wildman–Crippen LogP) is 0.772. The zero-order valence-electron chi connectivity index (χ0n) is 8.41. The molecular formula is C8H13F2NO4. The van der Waals surface area contributed by atoms with E-state index in [0.717, 1.165) is 0 Å². The minimum Gasteiger partial charge on any atom is -0.469 e. The maximum atomic E-state index is 11.8. The Morgan fingerprint density at radius 3 is 2.00 bits per heavy atom. The number of halogens is 2. The molecule has 1 aliphatic carbocycles. The molecular weight excluding hydrogens is 212 g/mol. The molecule has 1 fully saturated rings. The molecule has 88 valence electrons. The maximum Gasteiger partial charge on any atom is 0.404 e. The highest BCUT2D eigenvalue weighted by Gasteiger charge is 2.49. The fourth-order valence-electron chi connectivity index (χ4n) is 0.916. The summed E-state index contributed by atoms with van der Waals surface area (Å²) in [4.78, 5) is 19.9. The number of alkyl halides is 2. The van der Waals surface area contributed by atoms with Crippen LogP contribution in [0.5, 0.6) is 0 Å². The van der Waals surface area contributed by atoms with Crippen molar-refractivity contribution in [1.82, 2.24) is 0 Å². The zero-order valence-corrected chi connectivity index (χ0v) is 8.41. The van der Waals surface area contributed by atoms with E-state index in [0.29, 0.717) is 0 Å². The molecule has 5 nitrogen and oxygen atoms in total. The van der Waals surface area contributed by atoms with Gasteiger partial charge in [0, 0.05) is 5.92 Å². The Hall–Kier alpha value is -1.40. The first-order chi connectivity index (χ1) is 6.93. The third-order valence-electron chi connectivity index (χ3n) is 1.87. The van der Waals surface area contributed by atoms with Gasteiger partial charge in [0.1, 0.15) is 0 Å². The highest BCUT2D eigenvalue weighted by atomic mass is 19.3. The van der Waals surface area contributed by atoms with Crippen LogP contribution in [0.1, 0.15) is 6.42 Å². The van der Waals surface area contributed by atoms with E-state index in [4.69, 9.17) is 0 Å². The third kappa shape index (κ3) is 5.14. The second kappa shape index (κ2) is 6.15. The van der Waals surface area contributed by atoms with Crippen LogP contribution in [0.4, 0.5) is 13.6 Å². The summed E-state index contributed by atoms with van der Waals surface area (Å²) in [5.74, 6) is -1.79. The lowest BCUT2D eigenvalue weighted by molar-refractivity contribution is -0.143. The number of primary amides is 1. The number of esters is 1.